The number of aliphatic hydroxyl groups excluding tert-OH is 2. The molecule has 0 spiro atoms. The molecule has 2 aromatic carbocycles. The van der Waals surface area contributed by atoms with Crippen molar-refractivity contribution in [2.24, 2.45) is 0 Å². The van der Waals surface area contributed by atoms with Crippen molar-refractivity contribution in [2.75, 3.05) is 58.0 Å². The normalized spacial score (nSPS) is 24.7. The van der Waals surface area contributed by atoms with E-state index in [1.807, 2.05) is 18.8 Å². The lowest BCUT2D eigenvalue weighted by atomic mass is 10.1. The number of rotatable bonds is 9. The van der Waals surface area contributed by atoms with Crippen LogP contribution in [-0.4, -0.2) is 86.2 Å². The average molecular weight is 517 g/mol. The van der Waals surface area contributed by atoms with Gasteiger partial charge in [-0.05, 0) is 53.7 Å². The molecule has 2 aliphatic rings. The molecule has 2 saturated heterocycles. The zero-order valence-electron chi connectivity index (χ0n) is 19.9. The maximum Gasteiger partial charge on any atom is 0.170 e. The molecule has 4 rings (SSSR count). The lowest BCUT2D eigenvalue weighted by Gasteiger charge is -2.33. The van der Waals surface area contributed by atoms with E-state index in [1.54, 1.807) is 0 Å². The molecular formula is C25H33N4O4PS. The SMILES string of the molecule is CP(NC1CC(O)COC1O)S/C(C#N)=C/c1ccc2cc(NCCN3CCOCC3)ccc2c1. The standard InChI is InChI=1S/C25H33N4O4PS/c1-34(28-24-15-22(30)17-33-25(24)31)35-23(16-26)13-18-2-3-20-14-21(5-4-19(20)12-18)27-6-7-29-8-10-32-11-9-29/h2-5,12-14,22,24-25,27-28,30-31H,6-11,15,17H2,1H3/b23-13+. The molecule has 2 fully saturated rings. The first-order valence-corrected chi connectivity index (χ1v) is 15.1. The van der Waals surface area contributed by atoms with E-state index < -0.39 is 19.7 Å². The minimum atomic E-state index is -0.947. The third-order valence-electron chi connectivity index (χ3n) is 6.05. The number of nitrogens with one attached hydrogen (secondary N) is 2. The van der Waals surface area contributed by atoms with E-state index in [2.05, 4.69) is 51.7 Å². The molecule has 4 unspecified atom stereocenters. The van der Waals surface area contributed by atoms with E-state index in [1.165, 1.54) is 11.4 Å². The van der Waals surface area contributed by atoms with Crippen LogP contribution in [0.3, 0.4) is 0 Å². The zero-order valence-corrected chi connectivity index (χ0v) is 21.6. The van der Waals surface area contributed by atoms with E-state index in [4.69, 9.17) is 9.47 Å². The number of nitriles is 1. The van der Waals surface area contributed by atoms with Gasteiger partial charge in [-0.1, -0.05) is 29.6 Å². The second kappa shape index (κ2) is 13.0. The molecule has 8 nitrogen and oxygen atoms in total. The number of allylic oxidation sites excluding steroid dienone is 1. The minimum Gasteiger partial charge on any atom is -0.391 e. The Kier molecular flexibility index (Phi) is 9.78. The molecule has 35 heavy (non-hydrogen) atoms. The summed E-state index contributed by atoms with van der Waals surface area (Å²) >= 11 is 1.45. The smallest absolute Gasteiger partial charge is 0.170 e. The number of ether oxygens (including phenoxy) is 2. The largest absolute Gasteiger partial charge is 0.391 e. The van der Waals surface area contributed by atoms with Crippen LogP contribution in [0.1, 0.15) is 12.0 Å². The van der Waals surface area contributed by atoms with Gasteiger partial charge in [0.05, 0.1) is 36.9 Å². The topological polar surface area (TPSA) is 110 Å². The summed E-state index contributed by atoms with van der Waals surface area (Å²) in [6.45, 7) is 7.66. The highest BCUT2D eigenvalue weighted by atomic mass is 32.7. The van der Waals surface area contributed by atoms with Crippen LogP contribution in [0.15, 0.2) is 41.3 Å². The zero-order chi connectivity index (χ0) is 24.6. The Morgan fingerprint density at radius 3 is 2.80 bits per heavy atom. The van der Waals surface area contributed by atoms with Gasteiger partial charge in [-0.25, -0.2) is 0 Å². The van der Waals surface area contributed by atoms with Crippen LogP contribution in [0.5, 0.6) is 0 Å². The summed E-state index contributed by atoms with van der Waals surface area (Å²) in [4.78, 5) is 3.01. The van der Waals surface area contributed by atoms with E-state index in [-0.39, 0.29) is 12.6 Å². The molecule has 2 heterocycles. The van der Waals surface area contributed by atoms with Crippen LogP contribution in [0.25, 0.3) is 16.8 Å². The predicted molar refractivity (Wildman–Crippen MR) is 143 cm³/mol. The number of hydrogen-bond acceptors (Lipinski definition) is 9. The lowest BCUT2D eigenvalue weighted by Crippen LogP contribution is -2.47. The van der Waals surface area contributed by atoms with Gasteiger partial charge < -0.3 is 25.0 Å². The van der Waals surface area contributed by atoms with Crippen LogP contribution < -0.4 is 10.4 Å². The molecule has 0 bridgehead atoms. The fourth-order valence-electron chi connectivity index (χ4n) is 4.20. The molecule has 4 N–H and O–H groups in total. The molecule has 0 aromatic heterocycles. The summed E-state index contributed by atoms with van der Waals surface area (Å²) in [5.74, 6) is 0. The van der Waals surface area contributed by atoms with Crippen molar-refractivity contribution in [1.29, 1.82) is 5.26 Å². The molecule has 188 valence electrons. The van der Waals surface area contributed by atoms with E-state index in [0.717, 1.165) is 61.4 Å². The molecular weight excluding hydrogens is 483 g/mol. The summed E-state index contributed by atoms with van der Waals surface area (Å²) in [7, 11) is -0.834. The summed E-state index contributed by atoms with van der Waals surface area (Å²) < 4.78 is 10.6. The molecule has 2 aliphatic heterocycles. The van der Waals surface area contributed by atoms with Crippen molar-refractivity contribution in [3.05, 3.63) is 46.9 Å². The number of hydrogen-bond donors (Lipinski definition) is 4. The Hall–Kier alpha value is -1.73. The second-order valence-corrected chi connectivity index (χ2v) is 12.8. The summed E-state index contributed by atoms with van der Waals surface area (Å²) in [5.41, 5.74) is 2.07. The Morgan fingerprint density at radius 1 is 1.23 bits per heavy atom. The Labute approximate surface area is 211 Å². The van der Waals surface area contributed by atoms with Crippen molar-refractivity contribution < 1.29 is 19.7 Å². The van der Waals surface area contributed by atoms with Crippen LogP contribution in [0.4, 0.5) is 5.69 Å². The Balaban J connectivity index is 1.34. The quantitative estimate of drug-likeness (QED) is 0.295. The molecule has 0 radical (unpaired) electrons. The predicted octanol–water partition coefficient (Wildman–Crippen LogP) is 3.18. The molecule has 4 atom stereocenters. The maximum atomic E-state index is 10.0. The molecule has 0 aliphatic carbocycles. The average Bonchev–Trinajstić information content (AvgIpc) is 2.86. The number of morpholine rings is 1. The Morgan fingerprint density at radius 2 is 2.00 bits per heavy atom. The fourth-order valence-corrected chi connectivity index (χ4v) is 7.21. The molecule has 10 heteroatoms. The van der Waals surface area contributed by atoms with Gasteiger partial charge in [0, 0.05) is 39.1 Å². The van der Waals surface area contributed by atoms with Crippen molar-refractivity contribution in [1.82, 2.24) is 9.99 Å². The number of fused-ring (bicyclic) bond motifs is 1. The fraction of sp³-hybridized carbons (Fsp3) is 0.480. The van der Waals surface area contributed by atoms with E-state index in [9.17, 15) is 15.5 Å². The van der Waals surface area contributed by atoms with Gasteiger partial charge in [0.1, 0.15) is 6.07 Å². The molecule has 0 amide bonds. The number of aliphatic hydroxyl groups is 2. The first-order chi connectivity index (χ1) is 17.0. The van der Waals surface area contributed by atoms with Crippen LogP contribution >= 0.6 is 18.7 Å². The van der Waals surface area contributed by atoms with Gasteiger partial charge in [-0.3, -0.25) is 9.99 Å². The molecule has 0 saturated carbocycles. The lowest BCUT2D eigenvalue weighted by molar-refractivity contribution is -0.169. The van der Waals surface area contributed by atoms with Crippen molar-refractivity contribution >= 4 is 41.2 Å². The third kappa shape index (κ3) is 7.88. The summed E-state index contributed by atoms with van der Waals surface area (Å²) in [6, 6.07) is 14.5. The minimum absolute atomic E-state index is 0.144. The van der Waals surface area contributed by atoms with Crippen molar-refractivity contribution in [3.63, 3.8) is 0 Å². The van der Waals surface area contributed by atoms with Crippen LogP contribution in [0.2, 0.25) is 0 Å². The Bertz CT molecular complexity index is 1060. The van der Waals surface area contributed by atoms with E-state index >= 15 is 0 Å². The highest BCUT2D eigenvalue weighted by Crippen LogP contribution is 2.48. The molecule has 2 aromatic rings. The first kappa shape index (κ1) is 26.3. The second-order valence-electron chi connectivity index (χ2n) is 8.76. The van der Waals surface area contributed by atoms with Gasteiger partial charge in [0.2, 0.25) is 0 Å². The highest BCUT2D eigenvalue weighted by Gasteiger charge is 2.30. The first-order valence-electron chi connectivity index (χ1n) is 11.9. The monoisotopic (exact) mass is 516 g/mol. The van der Waals surface area contributed by atoms with Crippen molar-refractivity contribution in [2.45, 2.75) is 24.9 Å². The number of anilines is 1. The van der Waals surface area contributed by atoms with Crippen LogP contribution in [0, 0.1) is 11.3 Å². The van der Waals surface area contributed by atoms with Gasteiger partial charge in [0.15, 0.2) is 6.29 Å². The van der Waals surface area contributed by atoms with Crippen LogP contribution in [-0.2, 0) is 9.47 Å². The van der Waals surface area contributed by atoms with Gasteiger partial charge in [-0.2, -0.15) is 5.26 Å². The van der Waals surface area contributed by atoms with Gasteiger partial charge >= 0.3 is 0 Å². The number of nitrogens with zero attached hydrogens (tertiary/aromatic N) is 2. The maximum absolute atomic E-state index is 10.0. The van der Waals surface area contributed by atoms with E-state index in [0.29, 0.717) is 11.3 Å². The van der Waals surface area contributed by atoms with Gasteiger partial charge in [-0.15, -0.1) is 0 Å². The summed E-state index contributed by atoms with van der Waals surface area (Å²) in [6.07, 6.45) is 0.780. The third-order valence-corrected chi connectivity index (χ3v) is 9.15. The summed E-state index contributed by atoms with van der Waals surface area (Å²) in [5, 5.41) is 38.5. The number of benzene rings is 2. The van der Waals surface area contributed by atoms with Crippen molar-refractivity contribution in [3.8, 4) is 6.07 Å². The van der Waals surface area contributed by atoms with Gasteiger partial charge in [0.25, 0.3) is 0 Å². The highest BCUT2D eigenvalue weighted by molar-refractivity contribution is 8.57.